The van der Waals surface area contributed by atoms with E-state index in [1.807, 2.05) is 0 Å². The molecule has 27 heavy (non-hydrogen) atoms. The van der Waals surface area contributed by atoms with Crippen molar-refractivity contribution in [2.45, 2.75) is 0 Å². The van der Waals surface area contributed by atoms with Gasteiger partial charge in [-0.3, -0.25) is 9.59 Å². The summed E-state index contributed by atoms with van der Waals surface area (Å²) in [5.41, 5.74) is 1.27. The van der Waals surface area contributed by atoms with Crippen LogP contribution in [0.15, 0.2) is 42.6 Å². The van der Waals surface area contributed by atoms with Crippen LogP contribution in [0.5, 0.6) is 0 Å². The topological polar surface area (TPSA) is 91.8 Å². The molecule has 1 aromatic carbocycles. The maximum Gasteiger partial charge on any atom is 0.337 e. The number of aromatic nitrogens is 1. The molecule has 0 radical (unpaired) electrons. The number of carbonyl (C=O) groups excluding carboxylic acids is 3. The zero-order valence-electron chi connectivity index (χ0n) is 14.9. The smallest absolute Gasteiger partial charge is 0.337 e. The van der Waals surface area contributed by atoms with Crippen LogP contribution in [0.3, 0.4) is 0 Å². The molecule has 1 aliphatic rings. The van der Waals surface area contributed by atoms with Crippen molar-refractivity contribution in [3.8, 4) is 0 Å². The first-order valence-corrected chi connectivity index (χ1v) is 8.51. The number of ether oxygens (including phenoxy) is 1. The Morgan fingerprint density at radius 1 is 1.11 bits per heavy atom. The van der Waals surface area contributed by atoms with E-state index >= 15 is 0 Å². The van der Waals surface area contributed by atoms with Gasteiger partial charge in [-0.05, 0) is 30.3 Å². The molecule has 0 spiro atoms. The van der Waals surface area contributed by atoms with Crippen molar-refractivity contribution in [3.63, 3.8) is 0 Å². The molecule has 1 aromatic heterocycles. The van der Waals surface area contributed by atoms with Crippen LogP contribution in [0, 0.1) is 0 Å². The van der Waals surface area contributed by atoms with E-state index in [2.05, 4.69) is 19.9 Å². The molecule has 1 fully saturated rings. The number of anilines is 2. The van der Waals surface area contributed by atoms with Gasteiger partial charge in [0.1, 0.15) is 5.82 Å². The summed E-state index contributed by atoms with van der Waals surface area (Å²) in [7, 11) is 1.31. The zero-order valence-corrected chi connectivity index (χ0v) is 14.9. The largest absolute Gasteiger partial charge is 0.465 e. The molecule has 0 aliphatic carbocycles. The number of amides is 2. The maximum absolute atomic E-state index is 12.4. The average Bonchev–Trinajstić information content (AvgIpc) is 2.73. The van der Waals surface area contributed by atoms with E-state index in [4.69, 9.17) is 0 Å². The van der Waals surface area contributed by atoms with Crippen LogP contribution in [0.2, 0.25) is 0 Å². The number of hydrogen-bond donors (Lipinski definition) is 1. The monoisotopic (exact) mass is 368 g/mol. The third-order valence-electron chi connectivity index (χ3n) is 4.34. The Morgan fingerprint density at radius 2 is 1.89 bits per heavy atom. The first-order chi connectivity index (χ1) is 13.1. The summed E-state index contributed by atoms with van der Waals surface area (Å²) >= 11 is 0. The Hall–Kier alpha value is -3.42. The average molecular weight is 368 g/mol. The molecule has 1 aliphatic heterocycles. The standard InChI is InChI=1S/C19H20N4O4/c1-27-19(26)14-3-2-4-16(11-14)21-18(25)15-5-6-17(20-12-15)23-9-7-22(13-24)8-10-23/h2-6,11-13H,7-10H2,1H3,(H,21,25). The van der Waals surface area contributed by atoms with Crippen LogP contribution >= 0.6 is 0 Å². The van der Waals surface area contributed by atoms with Gasteiger partial charge in [0.25, 0.3) is 5.91 Å². The molecule has 8 heteroatoms. The van der Waals surface area contributed by atoms with E-state index in [-0.39, 0.29) is 5.91 Å². The highest BCUT2D eigenvalue weighted by molar-refractivity contribution is 6.04. The summed E-state index contributed by atoms with van der Waals surface area (Å²) < 4.78 is 4.68. The summed E-state index contributed by atoms with van der Waals surface area (Å²) in [6.45, 7) is 2.73. The predicted octanol–water partition coefficient (Wildman–Crippen LogP) is 1.40. The van der Waals surface area contributed by atoms with Crippen molar-refractivity contribution in [1.29, 1.82) is 0 Å². The lowest BCUT2D eigenvalue weighted by atomic mass is 10.2. The highest BCUT2D eigenvalue weighted by Gasteiger charge is 2.17. The number of nitrogens with zero attached hydrogens (tertiary/aromatic N) is 3. The van der Waals surface area contributed by atoms with Crippen molar-refractivity contribution in [1.82, 2.24) is 9.88 Å². The zero-order chi connectivity index (χ0) is 19.2. The van der Waals surface area contributed by atoms with E-state index in [9.17, 15) is 14.4 Å². The van der Waals surface area contributed by atoms with Crippen molar-refractivity contribution < 1.29 is 19.1 Å². The van der Waals surface area contributed by atoms with Crippen molar-refractivity contribution in [3.05, 3.63) is 53.7 Å². The van der Waals surface area contributed by atoms with Crippen LogP contribution in [0.1, 0.15) is 20.7 Å². The predicted molar refractivity (Wildman–Crippen MR) is 99.8 cm³/mol. The Kier molecular flexibility index (Phi) is 5.65. The minimum absolute atomic E-state index is 0.318. The third-order valence-corrected chi connectivity index (χ3v) is 4.34. The molecule has 8 nitrogen and oxygen atoms in total. The Labute approximate surface area is 156 Å². The Morgan fingerprint density at radius 3 is 2.52 bits per heavy atom. The fourth-order valence-electron chi connectivity index (χ4n) is 2.81. The van der Waals surface area contributed by atoms with Gasteiger partial charge in [0.15, 0.2) is 0 Å². The lowest BCUT2D eigenvalue weighted by Crippen LogP contribution is -2.46. The van der Waals surface area contributed by atoms with Gasteiger partial charge in [0, 0.05) is 38.1 Å². The van der Waals surface area contributed by atoms with Crippen molar-refractivity contribution in [2.75, 3.05) is 43.5 Å². The van der Waals surface area contributed by atoms with Gasteiger partial charge in [0.2, 0.25) is 6.41 Å². The van der Waals surface area contributed by atoms with E-state index in [0.717, 1.165) is 12.2 Å². The molecule has 0 saturated carbocycles. The number of hydrogen-bond acceptors (Lipinski definition) is 6. The van der Waals surface area contributed by atoms with E-state index in [1.165, 1.54) is 13.3 Å². The van der Waals surface area contributed by atoms with Gasteiger partial charge in [0.05, 0.1) is 18.2 Å². The van der Waals surface area contributed by atoms with Crippen molar-refractivity contribution in [2.24, 2.45) is 0 Å². The van der Waals surface area contributed by atoms with E-state index in [0.29, 0.717) is 43.0 Å². The van der Waals surface area contributed by atoms with Gasteiger partial charge >= 0.3 is 5.97 Å². The Balaban J connectivity index is 1.64. The third kappa shape index (κ3) is 4.41. The summed E-state index contributed by atoms with van der Waals surface area (Å²) in [4.78, 5) is 42.9. The number of benzene rings is 1. The second-order valence-electron chi connectivity index (χ2n) is 6.06. The lowest BCUT2D eigenvalue weighted by Gasteiger charge is -2.33. The van der Waals surface area contributed by atoms with Gasteiger partial charge in [-0.25, -0.2) is 9.78 Å². The molecule has 0 atom stereocenters. The summed E-state index contributed by atoms with van der Waals surface area (Å²) in [6, 6.07) is 10.0. The summed E-state index contributed by atoms with van der Waals surface area (Å²) in [6.07, 6.45) is 2.37. The van der Waals surface area contributed by atoms with E-state index in [1.54, 1.807) is 41.3 Å². The maximum atomic E-state index is 12.4. The fourth-order valence-corrected chi connectivity index (χ4v) is 2.81. The minimum Gasteiger partial charge on any atom is -0.465 e. The number of piperazine rings is 1. The lowest BCUT2D eigenvalue weighted by molar-refractivity contribution is -0.118. The quantitative estimate of drug-likeness (QED) is 0.634. The molecule has 1 saturated heterocycles. The van der Waals surface area contributed by atoms with Gasteiger partial charge < -0.3 is 19.9 Å². The minimum atomic E-state index is -0.466. The number of pyridine rings is 1. The Bertz CT molecular complexity index is 830. The normalized spacial score (nSPS) is 13.8. The second kappa shape index (κ2) is 8.31. The first kappa shape index (κ1) is 18.4. The van der Waals surface area contributed by atoms with Crippen LogP contribution in [0.4, 0.5) is 11.5 Å². The fraction of sp³-hybridized carbons (Fsp3) is 0.263. The number of carbonyl (C=O) groups is 3. The molecular weight excluding hydrogens is 348 g/mol. The molecule has 0 bridgehead atoms. The van der Waals surface area contributed by atoms with Crippen LogP contribution in [-0.2, 0) is 9.53 Å². The van der Waals surface area contributed by atoms with Crippen LogP contribution < -0.4 is 10.2 Å². The molecule has 1 N–H and O–H groups in total. The molecule has 140 valence electrons. The molecule has 2 heterocycles. The molecule has 0 unspecified atom stereocenters. The second-order valence-corrected chi connectivity index (χ2v) is 6.06. The van der Waals surface area contributed by atoms with Crippen molar-refractivity contribution >= 4 is 29.8 Å². The summed E-state index contributed by atoms with van der Waals surface area (Å²) in [5, 5.41) is 2.74. The first-order valence-electron chi connectivity index (χ1n) is 8.51. The summed E-state index contributed by atoms with van der Waals surface area (Å²) in [5.74, 6) is -0.0153. The SMILES string of the molecule is COC(=O)c1cccc(NC(=O)c2ccc(N3CCN(C=O)CC3)nc2)c1. The van der Waals surface area contributed by atoms with E-state index < -0.39 is 5.97 Å². The highest BCUT2D eigenvalue weighted by Crippen LogP contribution is 2.16. The number of nitrogens with one attached hydrogen (secondary N) is 1. The molecule has 2 aromatic rings. The van der Waals surface area contributed by atoms with Gasteiger partial charge in [-0.1, -0.05) is 6.07 Å². The van der Waals surface area contributed by atoms with Gasteiger partial charge in [-0.2, -0.15) is 0 Å². The number of methoxy groups -OCH3 is 1. The molecule has 3 rings (SSSR count). The highest BCUT2D eigenvalue weighted by atomic mass is 16.5. The van der Waals surface area contributed by atoms with Crippen LogP contribution in [-0.4, -0.2) is 61.5 Å². The van der Waals surface area contributed by atoms with Crippen LogP contribution in [0.25, 0.3) is 0 Å². The molecule has 2 amide bonds. The number of esters is 1. The van der Waals surface area contributed by atoms with Gasteiger partial charge in [-0.15, -0.1) is 0 Å². The molecular formula is C19H20N4O4. The number of rotatable bonds is 5.